The Kier molecular flexibility index (Phi) is 8.02. The van der Waals surface area contributed by atoms with Gasteiger partial charge in [0.25, 0.3) is 0 Å². The molecular formula is C14H31N3O2S. The molecule has 0 aromatic heterocycles. The molecule has 1 heterocycles. The molecule has 1 fully saturated rings. The summed E-state index contributed by atoms with van der Waals surface area (Å²) in [4.78, 5) is 2.36. The van der Waals surface area contributed by atoms with Crippen molar-refractivity contribution in [2.75, 3.05) is 31.9 Å². The van der Waals surface area contributed by atoms with E-state index in [2.05, 4.69) is 28.8 Å². The Bertz CT molecular complexity index is 351. The van der Waals surface area contributed by atoms with Crippen LogP contribution >= 0.6 is 0 Å². The molecule has 0 aromatic rings. The summed E-state index contributed by atoms with van der Waals surface area (Å²) in [5.41, 5.74) is 0. The van der Waals surface area contributed by atoms with Crippen molar-refractivity contribution in [3.8, 4) is 0 Å². The Hall–Kier alpha value is -0.170. The van der Waals surface area contributed by atoms with E-state index < -0.39 is 10.0 Å². The number of piperidine rings is 1. The van der Waals surface area contributed by atoms with Crippen molar-refractivity contribution in [2.45, 2.75) is 58.5 Å². The second kappa shape index (κ2) is 8.97. The van der Waals surface area contributed by atoms with Gasteiger partial charge in [-0.3, -0.25) is 0 Å². The Labute approximate surface area is 124 Å². The van der Waals surface area contributed by atoms with E-state index in [0.717, 1.165) is 26.2 Å². The fourth-order valence-corrected chi connectivity index (χ4v) is 3.91. The summed E-state index contributed by atoms with van der Waals surface area (Å²) >= 11 is 0. The van der Waals surface area contributed by atoms with Gasteiger partial charge in [0.1, 0.15) is 0 Å². The van der Waals surface area contributed by atoms with E-state index >= 15 is 0 Å². The number of hydrogen-bond donors (Lipinski definition) is 2. The van der Waals surface area contributed by atoms with Crippen LogP contribution in [0.5, 0.6) is 0 Å². The van der Waals surface area contributed by atoms with Crippen LogP contribution in [0.2, 0.25) is 0 Å². The Morgan fingerprint density at radius 2 is 1.75 bits per heavy atom. The monoisotopic (exact) mass is 305 g/mol. The first-order valence-corrected chi connectivity index (χ1v) is 9.50. The van der Waals surface area contributed by atoms with E-state index in [4.69, 9.17) is 0 Å². The van der Waals surface area contributed by atoms with Gasteiger partial charge in [-0.2, -0.15) is 0 Å². The quantitative estimate of drug-likeness (QED) is 0.628. The first-order valence-electron chi connectivity index (χ1n) is 7.85. The zero-order valence-electron chi connectivity index (χ0n) is 13.2. The van der Waals surface area contributed by atoms with Crippen LogP contribution in [0.15, 0.2) is 0 Å². The summed E-state index contributed by atoms with van der Waals surface area (Å²) in [6, 6.07) is 0.403. The van der Waals surface area contributed by atoms with Gasteiger partial charge >= 0.3 is 0 Å². The number of likely N-dealkylation sites (tertiary alicyclic amines) is 1. The summed E-state index contributed by atoms with van der Waals surface area (Å²) in [6.45, 7) is 9.86. The number of hydrogen-bond acceptors (Lipinski definition) is 4. The number of sulfonamides is 1. The molecule has 1 atom stereocenters. The van der Waals surface area contributed by atoms with E-state index in [1.54, 1.807) is 0 Å². The average Bonchev–Trinajstić information content (AvgIpc) is 2.35. The summed E-state index contributed by atoms with van der Waals surface area (Å²) in [7, 11) is -3.15. The third-order valence-electron chi connectivity index (χ3n) is 3.50. The van der Waals surface area contributed by atoms with Crippen LogP contribution in [-0.4, -0.2) is 57.3 Å². The topological polar surface area (TPSA) is 61.4 Å². The van der Waals surface area contributed by atoms with E-state index in [9.17, 15) is 8.42 Å². The van der Waals surface area contributed by atoms with Crippen molar-refractivity contribution in [3.63, 3.8) is 0 Å². The molecule has 2 N–H and O–H groups in total. The van der Waals surface area contributed by atoms with Crippen LogP contribution < -0.4 is 10.0 Å². The normalized spacial score (nSPS) is 19.4. The van der Waals surface area contributed by atoms with Crippen LogP contribution in [0.3, 0.4) is 0 Å². The summed E-state index contributed by atoms with van der Waals surface area (Å²) in [6.07, 6.45) is 4.43. The largest absolute Gasteiger partial charge is 0.314 e. The third kappa shape index (κ3) is 8.19. The van der Waals surface area contributed by atoms with Crippen LogP contribution in [-0.2, 0) is 10.0 Å². The highest BCUT2D eigenvalue weighted by atomic mass is 32.2. The molecule has 0 aliphatic carbocycles. The van der Waals surface area contributed by atoms with Gasteiger partial charge in [-0.25, -0.2) is 13.1 Å². The number of nitrogens with one attached hydrogen (secondary N) is 2. The van der Waals surface area contributed by atoms with Gasteiger partial charge < -0.3 is 10.2 Å². The predicted octanol–water partition coefficient (Wildman–Crippen LogP) is 1.17. The molecule has 0 amide bonds. The predicted molar refractivity (Wildman–Crippen MR) is 84.4 cm³/mol. The Morgan fingerprint density at radius 1 is 1.10 bits per heavy atom. The van der Waals surface area contributed by atoms with E-state index in [0.29, 0.717) is 12.5 Å². The molecular weight excluding hydrogens is 274 g/mol. The van der Waals surface area contributed by atoms with E-state index in [1.807, 2.05) is 6.92 Å². The van der Waals surface area contributed by atoms with Gasteiger partial charge in [0.05, 0.1) is 5.75 Å². The molecule has 1 aliphatic heterocycles. The molecule has 0 saturated carbocycles. The first-order chi connectivity index (χ1) is 9.39. The van der Waals surface area contributed by atoms with Crippen molar-refractivity contribution in [3.05, 3.63) is 0 Å². The fourth-order valence-electron chi connectivity index (χ4n) is 2.58. The van der Waals surface area contributed by atoms with E-state index in [-0.39, 0.29) is 11.8 Å². The molecule has 0 spiro atoms. The van der Waals surface area contributed by atoms with Gasteiger partial charge in [0.15, 0.2) is 0 Å². The Morgan fingerprint density at radius 3 is 2.35 bits per heavy atom. The average molecular weight is 305 g/mol. The number of rotatable bonds is 9. The van der Waals surface area contributed by atoms with Crippen LogP contribution in [0, 0.1) is 0 Å². The van der Waals surface area contributed by atoms with Crippen molar-refractivity contribution < 1.29 is 8.42 Å². The lowest BCUT2D eigenvalue weighted by Gasteiger charge is -2.29. The van der Waals surface area contributed by atoms with E-state index in [1.165, 1.54) is 19.3 Å². The fraction of sp³-hybridized carbons (Fsp3) is 1.00. The van der Waals surface area contributed by atoms with Gasteiger partial charge in [-0.1, -0.05) is 20.3 Å². The number of nitrogens with zero attached hydrogens (tertiary/aromatic N) is 1. The Balaban J connectivity index is 2.22. The SMILES string of the molecule is CC(C)NCCCS(=O)(=O)NC(C)CN1CCCCC1. The maximum Gasteiger partial charge on any atom is 0.211 e. The molecule has 1 unspecified atom stereocenters. The van der Waals surface area contributed by atoms with Crippen molar-refractivity contribution in [1.29, 1.82) is 0 Å². The highest BCUT2D eigenvalue weighted by Gasteiger charge is 2.18. The standard InChI is InChI=1S/C14H31N3O2S/c1-13(2)15-8-7-11-20(18,19)16-14(3)12-17-9-5-4-6-10-17/h13-16H,4-12H2,1-3H3. The highest BCUT2D eigenvalue weighted by Crippen LogP contribution is 2.09. The summed E-state index contributed by atoms with van der Waals surface area (Å²) < 4.78 is 26.7. The lowest BCUT2D eigenvalue weighted by atomic mass is 10.1. The maximum atomic E-state index is 12.0. The zero-order chi connectivity index (χ0) is 15.0. The molecule has 20 heavy (non-hydrogen) atoms. The second-order valence-corrected chi connectivity index (χ2v) is 8.03. The molecule has 0 radical (unpaired) electrons. The lowest BCUT2D eigenvalue weighted by Crippen LogP contribution is -2.44. The van der Waals surface area contributed by atoms with Crippen molar-refractivity contribution >= 4 is 10.0 Å². The molecule has 0 aromatic carbocycles. The minimum Gasteiger partial charge on any atom is -0.314 e. The molecule has 0 bridgehead atoms. The van der Waals surface area contributed by atoms with Crippen LogP contribution in [0.1, 0.15) is 46.5 Å². The minimum absolute atomic E-state index is 0.00356. The maximum absolute atomic E-state index is 12.0. The molecule has 5 nitrogen and oxygen atoms in total. The second-order valence-electron chi connectivity index (χ2n) is 6.16. The molecule has 1 saturated heterocycles. The van der Waals surface area contributed by atoms with Crippen molar-refractivity contribution in [1.82, 2.24) is 14.9 Å². The molecule has 1 rings (SSSR count). The molecule has 1 aliphatic rings. The lowest BCUT2D eigenvalue weighted by molar-refractivity contribution is 0.215. The van der Waals surface area contributed by atoms with Crippen LogP contribution in [0.4, 0.5) is 0 Å². The van der Waals surface area contributed by atoms with Crippen molar-refractivity contribution in [2.24, 2.45) is 0 Å². The highest BCUT2D eigenvalue weighted by molar-refractivity contribution is 7.89. The summed E-state index contributed by atoms with van der Waals surface area (Å²) in [5, 5.41) is 3.24. The van der Waals surface area contributed by atoms with Gasteiger partial charge in [-0.05, 0) is 45.8 Å². The van der Waals surface area contributed by atoms with Gasteiger partial charge in [-0.15, -0.1) is 0 Å². The molecule has 6 heteroatoms. The van der Waals surface area contributed by atoms with Crippen LogP contribution in [0.25, 0.3) is 0 Å². The summed E-state index contributed by atoms with van der Waals surface area (Å²) in [5.74, 6) is 0.205. The molecule has 120 valence electrons. The zero-order valence-corrected chi connectivity index (χ0v) is 14.0. The van der Waals surface area contributed by atoms with Gasteiger partial charge in [0.2, 0.25) is 10.0 Å². The smallest absolute Gasteiger partial charge is 0.211 e. The van der Waals surface area contributed by atoms with Gasteiger partial charge in [0, 0.05) is 18.6 Å². The minimum atomic E-state index is -3.15. The third-order valence-corrected chi connectivity index (χ3v) is 5.09. The first kappa shape index (κ1) is 17.9.